The zero-order valence-corrected chi connectivity index (χ0v) is 46.9. The van der Waals surface area contributed by atoms with Gasteiger partial charge in [-0.3, -0.25) is 0 Å². The fourth-order valence-electron chi connectivity index (χ4n) is 13.9. The molecular weight excluding hydrogens is 953 g/mol. The molecule has 0 aliphatic heterocycles. The van der Waals surface area contributed by atoms with Crippen molar-refractivity contribution in [2.45, 2.75) is 103 Å². The normalized spacial score (nSPS) is 14.1. The number of benzene rings is 11. The number of nitrogens with zero attached hydrogens (tertiary/aromatic N) is 2. The molecule has 0 saturated heterocycles. The van der Waals surface area contributed by atoms with E-state index in [0.717, 1.165) is 18.0 Å². The van der Waals surface area contributed by atoms with Crippen molar-refractivity contribution in [3.05, 3.63) is 270 Å². The van der Waals surface area contributed by atoms with Gasteiger partial charge in [0.05, 0.1) is 11.1 Å². The minimum Gasteiger partial charge on any atom is -0.345 e. The molecule has 2 heteroatoms. The number of rotatable bonds is 10. The van der Waals surface area contributed by atoms with E-state index in [0.29, 0.717) is 5.92 Å². The SMILES string of the molecule is CCC.CCCC(CC)c1ccc(N(c2ccccc2)c2cc3c(c4ccccc24)-c2c(c4ccccc4c4ccccc24)C32c3ccccc3-c3ccccc32)cc1.CN(c1ccccc1)c1ccc(C2CCCCC2)cc1. The summed E-state index contributed by atoms with van der Waals surface area (Å²) >= 11 is 0. The number of hydrogen-bond acceptors (Lipinski definition) is 2. The summed E-state index contributed by atoms with van der Waals surface area (Å²) in [7, 11) is 2.13. The van der Waals surface area contributed by atoms with Gasteiger partial charge in [0.25, 0.3) is 0 Å². The predicted octanol–water partition coefficient (Wildman–Crippen LogP) is 22.2. The van der Waals surface area contributed by atoms with E-state index in [1.165, 1.54) is 162 Å². The minimum atomic E-state index is -0.527. The first kappa shape index (κ1) is 51.6. The molecule has 3 aliphatic rings. The van der Waals surface area contributed by atoms with Crippen LogP contribution in [-0.2, 0) is 5.41 Å². The maximum absolute atomic E-state index is 2.58. The average Bonchev–Trinajstić information content (AvgIpc) is 4.06. The molecule has 1 spiro atoms. The van der Waals surface area contributed by atoms with Crippen LogP contribution in [0.3, 0.4) is 0 Å². The number of para-hydroxylation sites is 2. The highest BCUT2D eigenvalue weighted by Gasteiger charge is 2.54. The molecule has 0 aromatic heterocycles. The third kappa shape index (κ3) is 9.10. The second-order valence-electron chi connectivity index (χ2n) is 22.2. The van der Waals surface area contributed by atoms with Crippen molar-refractivity contribution in [3.63, 3.8) is 0 Å². The molecule has 0 radical (unpaired) electrons. The first-order chi connectivity index (χ1) is 39.0. The monoisotopic (exact) mass is 1030 g/mol. The molecule has 1 atom stereocenters. The standard InChI is InChI=1S/C55H43N.C19H23N.C3H8/c1-3-18-36(4-2)37-31-33-39(34-32-37)56(38-19-6-5-7-20-38)51-35-50-52(46-27-12-10-25-44(46)51)53-45-26-11-8-21-40(45)41-22-9-13-28-47(41)54(53)55(50)48-29-16-14-23-42(48)43-24-15-17-30-49(43)55;1-20(18-10-6-3-7-11-18)19-14-12-17(13-15-19)16-8-4-2-5-9-16;1-3-2/h5-17,19-36H,3-4,18H2,1-2H3;3,6-7,10-16H,2,4-5,8-9H2,1H3;3H2,1-2H3. The molecule has 0 N–H and O–H groups in total. The van der Waals surface area contributed by atoms with Gasteiger partial charge >= 0.3 is 0 Å². The highest BCUT2D eigenvalue weighted by Crippen LogP contribution is 2.67. The van der Waals surface area contributed by atoms with Gasteiger partial charge in [-0.1, -0.05) is 242 Å². The quantitative estimate of drug-likeness (QED) is 0.126. The van der Waals surface area contributed by atoms with Gasteiger partial charge in [0.15, 0.2) is 0 Å². The maximum Gasteiger partial charge on any atom is 0.0732 e. The fraction of sp³-hybridized carbons (Fsp3) is 0.221. The lowest BCUT2D eigenvalue weighted by atomic mass is 9.69. The molecule has 11 aromatic carbocycles. The summed E-state index contributed by atoms with van der Waals surface area (Å²) < 4.78 is 0. The van der Waals surface area contributed by atoms with Crippen LogP contribution in [0.15, 0.2) is 237 Å². The van der Waals surface area contributed by atoms with Gasteiger partial charge in [-0.25, -0.2) is 0 Å². The number of fused-ring (bicyclic) bond motifs is 17. The van der Waals surface area contributed by atoms with E-state index in [9.17, 15) is 0 Å². The maximum atomic E-state index is 2.58. The summed E-state index contributed by atoms with van der Waals surface area (Å²) in [4.78, 5) is 4.75. The van der Waals surface area contributed by atoms with Crippen LogP contribution in [0.1, 0.15) is 131 Å². The van der Waals surface area contributed by atoms with Crippen LogP contribution >= 0.6 is 0 Å². The van der Waals surface area contributed by atoms with Crippen molar-refractivity contribution >= 4 is 60.8 Å². The van der Waals surface area contributed by atoms with Gasteiger partial charge in [-0.05, 0) is 175 Å². The lowest BCUT2D eigenvalue weighted by Gasteiger charge is -2.33. The molecule has 1 fully saturated rings. The lowest BCUT2D eigenvalue weighted by molar-refractivity contribution is 0.443. The molecule has 11 aromatic rings. The molecule has 1 unspecified atom stereocenters. The second-order valence-corrected chi connectivity index (χ2v) is 22.2. The predicted molar refractivity (Wildman–Crippen MR) is 341 cm³/mol. The van der Waals surface area contributed by atoms with Crippen LogP contribution in [0.25, 0.3) is 54.6 Å². The second kappa shape index (κ2) is 22.6. The third-order valence-electron chi connectivity index (χ3n) is 17.4. The third-order valence-corrected chi connectivity index (χ3v) is 17.4. The minimum absolute atomic E-state index is 0.527. The molecule has 1 saturated carbocycles. The lowest BCUT2D eigenvalue weighted by Crippen LogP contribution is -2.26. The highest BCUT2D eigenvalue weighted by atomic mass is 15.1. The van der Waals surface area contributed by atoms with Gasteiger partial charge in [-0.15, -0.1) is 0 Å². The zero-order chi connectivity index (χ0) is 53.9. The van der Waals surface area contributed by atoms with Gasteiger partial charge in [0, 0.05) is 35.2 Å². The Morgan fingerprint density at radius 2 is 0.886 bits per heavy atom. The van der Waals surface area contributed by atoms with Gasteiger partial charge in [-0.2, -0.15) is 0 Å². The molecule has 0 heterocycles. The molecule has 3 aliphatic carbocycles. The van der Waals surface area contributed by atoms with Crippen molar-refractivity contribution in [2.24, 2.45) is 0 Å². The van der Waals surface area contributed by atoms with Gasteiger partial charge in [0.2, 0.25) is 0 Å². The largest absolute Gasteiger partial charge is 0.345 e. The smallest absolute Gasteiger partial charge is 0.0732 e. The Morgan fingerprint density at radius 1 is 0.430 bits per heavy atom. The average molecular weight is 1030 g/mol. The number of anilines is 5. The molecule has 14 rings (SSSR count). The molecule has 2 nitrogen and oxygen atoms in total. The van der Waals surface area contributed by atoms with Crippen LogP contribution in [0.2, 0.25) is 0 Å². The van der Waals surface area contributed by atoms with Crippen molar-refractivity contribution < 1.29 is 0 Å². The van der Waals surface area contributed by atoms with Crippen molar-refractivity contribution in [1.82, 2.24) is 0 Å². The highest BCUT2D eigenvalue weighted by molar-refractivity contribution is 6.24. The van der Waals surface area contributed by atoms with Gasteiger partial charge in [0.1, 0.15) is 0 Å². The first-order valence-corrected chi connectivity index (χ1v) is 29.5. The van der Waals surface area contributed by atoms with Crippen molar-refractivity contribution in [2.75, 3.05) is 16.8 Å². The van der Waals surface area contributed by atoms with Crippen LogP contribution in [-0.4, -0.2) is 7.05 Å². The fourth-order valence-corrected chi connectivity index (χ4v) is 13.9. The zero-order valence-electron chi connectivity index (χ0n) is 46.9. The summed E-state index contributed by atoms with van der Waals surface area (Å²) in [6, 6.07) is 88.5. The Balaban J connectivity index is 0.000000226. The van der Waals surface area contributed by atoms with E-state index in [2.05, 4.69) is 281 Å². The van der Waals surface area contributed by atoms with E-state index in [4.69, 9.17) is 0 Å². The summed E-state index contributed by atoms with van der Waals surface area (Å²) in [5.74, 6) is 1.37. The Hall–Kier alpha value is -8.20. The van der Waals surface area contributed by atoms with E-state index >= 15 is 0 Å². The van der Waals surface area contributed by atoms with Crippen molar-refractivity contribution in [1.29, 1.82) is 0 Å². The summed E-state index contributed by atoms with van der Waals surface area (Å²) in [6.07, 6.45) is 11.8. The van der Waals surface area contributed by atoms with Crippen LogP contribution in [0.5, 0.6) is 0 Å². The van der Waals surface area contributed by atoms with Crippen molar-refractivity contribution in [3.8, 4) is 22.3 Å². The number of hydrogen-bond donors (Lipinski definition) is 0. The van der Waals surface area contributed by atoms with E-state index in [-0.39, 0.29) is 0 Å². The Morgan fingerprint density at radius 3 is 1.47 bits per heavy atom. The Labute approximate surface area is 470 Å². The molecule has 0 bridgehead atoms. The Kier molecular flexibility index (Phi) is 14.8. The first-order valence-electron chi connectivity index (χ1n) is 29.5. The van der Waals surface area contributed by atoms with Crippen LogP contribution < -0.4 is 9.80 Å². The van der Waals surface area contributed by atoms with E-state index in [1.807, 2.05) is 0 Å². The topological polar surface area (TPSA) is 6.48 Å². The molecular formula is C77H74N2. The van der Waals surface area contributed by atoms with E-state index < -0.39 is 5.41 Å². The van der Waals surface area contributed by atoms with Crippen LogP contribution in [0.4, 0.5) is 28.4 Å². The summed E-state index contributed by atoms with van der Waals surface area (Å²) in [5, 5.41) is 7.77. The van der Waals surface area contributed by atoms with E-state index in [1.54, 1.807) is 0 Å². The molecule has 79 heavy (non-hydrogen) atoms. The molecule has 0 amide bonds. The molecule has 392 valence electrons. The van der Waals surface area contributed by atoms with Gasteiger partial charge < -0.3 is 9.80 Å². The Bertz CT molecular complexity index is 3840. The van der Waals surface area contributed by atoms with Crippen LogP contribution in [0, 0.1) is 0 Å². The summed E-state index contributed by atoms with van der Waals surface area (Å²) in [5.41, 5.74) is 19.3. The summed E-state index contributed by atoms with van der Waals surface area (Å²) in [6.45, 7) is 8.87.